The zero-order valence-electron chi connectivity index (χ0n) is 14.0. The molecular formula is C17H17N3O6. The van der Waals surface area contributed by atoms with E-state index in [1.807, 2.05) is 24.3 Å². The number of nitro groups is 1. The number of nitrogens with zero attached hydrogens (tertiary/aromatic N) is 2. The van der Waals surface area contributed by atoms with Crippen molar-refractivity contribution in [2.24, 2.45) is 7.05 Å². The number of hydrogen-bond donors (Lipinski definition) is 1. The molecule has 1 unspecified atom stereocenters. The molecule has 2 heterocycles. The van der Waals surface area contributed by atoms with E-state index in [0.717, 1.165) is 17.4 Å². The number of esters is 1. The van der Waals surface area contributed by atoms with Gasteiger partial charge in [-0.25, -0.2) is 4.79 Å². The molecule has 1 N–H and O–H groups in total. The Morgan fingerprint density at radius 2 is 2.19 bits per heavy atom. The monoisotopic (exact) mass is 359 g/mol. The summed E-state index contributed by atoms with van der Waals surface area (Å²) < 4.78 is 11.8. The number of rotatable bonds is 5. The predicted octanol–water partition coefficient (Wildman–Crippen LogP) is 1.73. The van der Waals surface area contributed by atoms with E-state index in [4.69, 9.17) is 9.47 Å². The number of hydrogen-bond acceptors (Lipinski definition) is 6. The minimum atomic E-state index is -0.803. The first-order chi connectivity index (χ1) is 12.5. The Morgan fingerprint density at radius 1 is 1.42 bits per heavy atom. The maximum atomic E-state index is 12.1. The summed E-state index contributed by atoms with van der Waals surface area (Å²) in [7, 11) is 1.49. The maximum Gasteiger partial charge on any atom is 0.355 e. The molecule has 0 saturated carbocycles. The molecular weight excluding hydrogens is 342 g/mol. The first-order valence-corrected chi connectivity index (χ1v) is 7.94. The van der Waals surface area contributed by atoms with Crippen molar-refractivity contribution in [3.05, 3.63) is 57.9 Å². The molecule has 0 bridgehead atoms. The van der Waals surface area contributed by atoms with Crippen LogP contribution in [0.1, 0.15) is 28.5 Å². The van der Waals surface area contributed by atoms with Crippen molar-refractivity contribution in [2.45, 2.75) is 12.5 Å². The lowest BCUT2D eigenvalue weighted by Gasteiger charge is -2.26. The summed E-state index contributed by atoms with van der Waals surface area (Å²) in [5, 5.41) is 13.6. The number of fused-ring (bicyclic) bond motifs is 1. The van der Waals surface area contributed by atoms with Crippen molar-refractivity contribution < 1.29 is 24.0 Å². The number of benzene rings is 1. The van der Waals surface area contributed by atoms with Crippen molar-refractivity contribution in [1.82, 2.24) is 9.88 Å². The molecule has 1 aromatic heterocycles. The van der Waals surface area contributed by atoms with Gasteiger partial charge in [-0.05, 0) is 6.07 Å². The van der Waals surface area contributed by atoms with Crippen molar-refractivity contribution in [1.29, 1.82) is 0 Å². The van der Waals surface area contributed by atoms with Crippen LogP contribution >= 0.6 is 0 Å². The van der Waals surface area contributed by atoms with Gasteiger partial charge in [-0.3, -0.25) is 14.9 Å². The summed E-state index contributed by atoms with van der Waals surface area (Å²) >= 11 is 0. The molecule has 2 aromatic rings. The Hall–Kier alpha value is -3.36. The molecule has 0 aliphatic carbocycles. The summed E-state index contributed by atoms with van der Waals surface area (Å²) in [4.78, 5) is 34.3. The maximum absolute atomic E-state index is 12.1. The highest BCUT2D eigenvalue weighted by atomic mass is 16.6. The second-order valence-corrected chi connectivity index (χ2v) is 5.82. The Balaban J connectivity index is 1.58. The minimum absolute atomic E-state index is 0.000844. The van der Waals surface area contributed by atoms with Gasteiger partial charge in [-0.2, -0.15) is 0 Å². The third-order valence-electron chi connectivity index (χ3n) is 4.04. The molecule has 9 nitrogen and oxygen atoms in total. The highest BCUT2D eigenvalue weighted by molar-refractivity contribution is 5.90. The molecule has 1 atom stereocenters. The third kappa shape index (κ3) is 3.66. The fourth-order valence-electron chi connectivity index (χ4n) is 2.78. The molecule has 9 heteroatoms. The highest BCUT2D eigenvalue weighted by Crippen LogP contribution is 2.31. The van der Waals surface area contributed by atoms with E-state index in [0.29, 0.717) is 13.0 Å². The van der Waals surface area contributed by atoms with E-state index in [-0.39, 0.29) is 17.4 Å². The second kappa shape index (κ2) is 7.26. The highest BCUT2D eigenvalue weighted by Gasteiger charge is 2.24. The van der Waals surface area contributed by atoms with Crippen LogP contribution in [0.3, 0.4) is 0 Å². The number of carbonyl (C=O) groups excluding carboxylic acids is 2. The lowest BCUT2D eigenvalue weighted by atomic mass is 10.0. The number of aryl methyl sites for hydroxylation is 1. The van der Waals surface area contributed by atoms with Gasteiger partial charge in [0.2, 0.25) is 0 Å². The van der Waals surface area contributed by atoms with E-state index >= 15 is 0 Å². The topological polar surface area (TPSA) is 113 Å². The van der Waals surface area contributed by atoms with Gasteiger partial charge in [-0.15, -0.1) is 0 Å². The summed E-state index contributed by atoms with van der Waals surface area (Å²) in [6.07, 6.45) is 1.82. The van der Waals surface area contributed by atoms with Crippen molar-refractivity contribution in [3.63, 3.8) is 0 Å². The van der Waals surface area contributed by atoms with E-state index < -0.39 is 23.4 Å². The quantitative estimate of drug-likeness (QED) is 0.494. The fourth-order valence-corrected chi connectivity index (χ4v) is 2.78. The summed E-state index contributed by atoms with van der Waals surface area (Å²) in [6, 6.07) is 8.29. The van der Waals surface area contributed by atoms with Gasteiger partial charge >= 0.3 is 5.97 Å². The molecule has 136 valence electrons. The van der Waals surface area contributed by atoms with Gasteiger partial charge in [0.15, 0.2) is 6.61 Å². The van der Waals surface area contributed by atoms with Crippen LogP contribution in [0.5, 0.6) is 5.75 Å². The van der Waals surface area contributed by atoms with Gasteiger partial charge in [-0.1, -0.05) is 18.2 Å². The van der Waals surface area contributed by atoms with Gasteiger partial charge in [0.25, 0.3) is 11.6 Å². The lowest BCUT2D eigenvalue weighted by Crippen LogP contribution is -2.35. The molecule has 1 amide bonds. The summed E-state index contributed by atoms with van der Waals surface area (Å²) in [5.41, 5.74) is 0.653. The number of aromatic nitrogens is 1. The van der Waals surface area contributed by atoms with E-state index in [1.54, 1.807) is 0 Å². The summed E-state index contributed by atoms with van der Waals surface area (Å²) in [5.74, 6) is -0.538. The van der Waals surface area contributed by atoms with Gasteiger partial charge < -0.3 is 19.4 Å². The molecule has 1 aliphatic rings. The van der Waals surface area contributed by atoms with Crippen LogP contribution in [0, 0.1) is 10.1 Å². The molecule has 0 radical (unpaired) electrons. The number of carbonyl (C=O) groups is 2. The van der Waals surface area contributed by atoms with E-state index in [2.05, 4.69) is 5.32 Å². The largest absolute Gasteiger partial charge is 0.493 e. The normalized spacial score (nSPS) is 15.5. The second-order valence-electron chi connectivity index (χ2n) is 5.82. The number of amides is 1. The lowest BCUT2D eigenvalue weighted by molar-refractivity contribution is -0.384. The molecule has 1 aliphatic heterocycles. The SMILES string of the molecule is Cn1cc([N+](=O)[O-])cc1C(=O)OCC(=O)NC1CCOc2ccccc21. The minimum Gasteiger partial charge on any atom is -0.493 e. The number of para-hydroxylation sites is 1. The Bertz CT molecular complexity index is 860. The zero-order valence-corrected chi connectivity index (χ0v) is 14.0. The molecule has 0 saturated heterocycles. The smallest absolute Gasteiger partial charge is 0.355 e. The predicted molar refractivity (Wildman–Crippen MR) is 89.8 cm³/mol. The van der Waals surface area contributed by atoms with Crippen molar-refractivity contribution in [2.75, 3.05) is 13.2 Å². The fraction of sp³-hybridized carbons (Fsp3) is 0.294. The molecule has 0 fully saturated rings. The van der Waals surface area contributed by atoms with Gasteiger partial charge in [0.05, 0.1) is 23.8 Å². The van der Waals surface area contributed by atoms with Crippen LogP contribution in [0.4, 0.5) is 5.69 Å². The van der Waals surface area contributed by atoms with Crippen LogP contribution in [-0.2, 0) is 16.6 Å². The van der Waals surface area contributed by atoms with Crippen molar-refractivity contribution in [3.8, 4) is 5.75 Å². The third-order valence-corrected chi connectivity index (χ3v) is 4.04. The first kappa shape index (κ1) is 17.5. The summed E-state index contributed by atoms with van der Waals surface area (Å²) in [6.45, 7) is 0.00605. The van der Waals surface area contributed by atoms with Crippen molar-refractivity contribution >= 4 is 17.6 Å². The standard InChI is InChI=1S/C17H17N3O6/c1-19-9-11(20(23)24)8-14(19)17(22)26-10-16(21)18-13-6-7-25-15-5-3-2-4-12(13)15/h2-5,8-9,13H,6-7,10H2,1H3,(H,18,21). The number of ether oxygens (including phenoxy) is 2. The van der Waals surface area contributed by atoms with Crippen LogP contribution in [0.25, 0.3) is 0 Å². The molecule has 26 heavy (non-hydrogen) atoms. The van der Waals surface area contributed by atoms with Crippen LogP contribution in [0.15, 0.2) is 36.5 Å². The van der Waals surface area contributed by atoms with Crippen LogP contribution in [-0.4, -0.2) is 34.6 Å². The van der Waals surface area contributed by atoms with Gasteiger partial charge in [0, 0.05) is 25.1 Å². The molecule has 3 rings (SSSR count). The Kier molecular flexibility index (Phi) is 4.87. The van der Waals surface area contributed by atoms with E-state index in [9.17, 15) is 19.7 Å². The average Bonchev–Trinajstić information content (AvgIpc) is 3.02. The molecule has 0 spiro atoms. The van der Waals surface area contributed by atoms with Crippen LogP contribution in [0.2, 0.25) is 0 Å². The zero-order chi connectivity index (χ0) is 18.7. The average molecular weight is 359 g/mol. The van der Waals surface area contributed by atoms with Gasteiger partial charge in [0.1, 0.15) is 11.4 Å². The Morgan fingerprint density at radius 3 is 2.92 bits per heavy atom. The number of nitrogens with one attached hydrogen (secondary N) is 1. The molecule has 1 aromatic carbocycles. The van der Waals surface area contributed by atoms with E-state index in [1.165, 1.54) is 17.8 Å². The van der Waals surface area contributed by atoms with Crippen LogP contribution < -0.4 is 10.1 Å². The Labute approximate surface area is 148 Å². The first-order valence-electron chi connectivity index (χ1n) is 7.94.